The van der Waals surface area contributed by atoms with Crippen LogP contribution >= 0.6 is 23.2 Å². The van der Waals surface area contributed by atoms with Crippen molar-refractivity contribution in [1.82, 2.24) is 5.32 Å². The van der Waals surface area contributed by atoms with E-state index in [1.807, 2.05) is 6.07 Å². The molecule has 2 aliphatic carbocycles. The number of nitrogens with one attached hydrogen (secondary N) is 2. The first kappa shape index (κ1) is 26.3. The summed E-state index contributed by atoms with van der Waals surface area (Å²) in [5.74, 6) is -1.10. The molecule has 2 heterocycles. The molecule has 2 spiro atoms. The van der Waals surface area contributed by atoms with E-state index in [1.165, 1.54) is 6.07 Å². The van der Waals surface area contributed by atoms with Gasteiger partial charge in [-0.25, -0.2) is 4.39 Å². The van der Waals surface area contributed by atoms with Gasteiger partial charge in [-0.3, -0.25) is 14.9 Å². The van der Waals surface area contributed by atoms with Gasteiger partial charge in [-0.05, 0) is 66.3 Å². The summed E-state index contributed by atoms with van der Waals surface area (Å²) in [4.78, 5) is 28.6. The molecule has 1 saturated heterocycles. The number of halogens is 3. The molecule has 6 rings (SSSR count). The Balaban J connectivity index is 1.56. The summed E-state index contributed by atoms with van der Waals surface area (Å²) in [5.41, 5.74) is 0.170. The summed E-state index contributed by atoms with van der Waals surface area (Å²) in [7, 11) is 0. The maximum Gasteiger partial charge on any atom is 0.237 e. The van der Waals surface area contributed by atoms with Gasteiger partial charge < -0.3 is 5.32 Å². The van der Waals surface area contributed by atoms with Crippen LogP contribution in [-0.2, 0) is 15.0 Å². The fourth-order valence-corrected chi connectivity index (χ4v) is 8.86. The predicted octanol–water partition coefficient (Wildman–Crippen LogP) is 7.57. The number of anilines is 1. The SMILES string of the molecule is CC1(C)CC(CC(=O)C2NC3(CCCCCC3)C3(C(=O)Nc4cc(Cl)ccc43)C2c2cccc(Cl)c2F)C1. The Bertz CT molecular complexity index is 1290. The third-order valence-corrected chi connectivity index (χ3v) is 10.3. The molecule has 3 atom stereocenters. The van der Waals surface area contributed by atoms with Crippen LogP contribution < -0.4 is 10.6 Å². The van der Waals surface area contributed by atoms with Crippen LogP contribution in [-0.4, -0.2) is 23.3 Å². The number of fused-ring (bicyclic) bond motifs is 3. The highest BCUT2D eigenvalue weighted by Crippen LogP contribution is 2.63. The van der Waals surface area contributed by atoms with E-state index in [1.54, 1.807) is 24.3 Å². The Labute approximate surface area is 234 Å². The van der Waals surface area contributed by atoms with Crippen LogP contribution in [0.2, 0.25) is 10.0 Å². The van der Waals surface area contributed by atoms with Crippen molar-refractivity contribution in [3.8, 4) is 0 Å². The topological polar surface area (TPSA) is 58.2 Å². The number of benzene rings is 2. The first-order valence-corrected chi connectivity index (χ1v) is 14.7. The first-order valence-electron chi connectivity index (χ1n) is 13.9. The minimum absolute atomic E-state index is 0.00106. The zero-order chi connectivity index (χ0) is 26.9. The second-order valence-corrected chi connectivity index (χ2v) is 13.6. The van der Waals surface area contributed by atoms with Crippen molar-refractivity contribution in [2.45, 2.75) is 94.5 Å². The van der Waals surface area contributed by atoms with Crippen LogP contribution in [0.4, 0.5) is 10.1 Å². The third kappa shape index (κ3) is 3.87. The normalized spacial score (nSPS) is 29.7. The molecule has 0 radical (unpaired) electrons. The molecule has 4 nitrogen and oxygen atoms in total. The molecule has 0 aromatic heterocycles. The summed E-state index contributed by atoms with van der Waals surface area (Å²) in [5, 5.41) is 7.40. The van der Waals surface area contributed by atoms with Gasteiger partial charge in [0.2, 0.25) is 5.91 Å². The van der Waals surface area contributed by atoms with E-state index in [-0.39, 0.29) is 22.1 Å². The molecule has 202 valence electrons. The molecule has 3 fully saturated rings. The highest BCUT2D eigenvalue weighted by Gasteiger charge is 2.72. The number of ketones is 1. The average Bonchev–Trinajstić information content (AvgIpc) is 3.15. The number of hydrogen-bond acceptors (Lipinski definition) is 3. The molecule has 2 aromatic carbocycles. The van der Waals surface area contributed by atoms with E-state index < -0.39 is 28.7 Å². The van der Waals surface area contributed by atoms with Crippen molar-refractivity contribution >= 4 is 40.6 Å². The molecular weight excluding hydrogens is 522 g/mol. The summed E-state index contributed by atoms with van der Waals surface area (Å²) in [6.45, 7) is 4.46. The van der Waals surface area contributed by atoms with Crippen molar-refractivity contribution in [1.29, 1.82) is 0 Å². The number of Topliss-reactive ketones (excluding diaryl/α,β-unsaturated/α-hetero) is 1. The number of carbonyl (C=O) groups excluding carboxylic acids is 2. The molecule has 3 unspecified atom stereocenters. The zero-order valence-electron chi connectivity index (χ0n) is 22.0. The second-order valence-electron chi connectivity index (χ2n) is 12.8. The molecule has 2 aromatic rings. The van der Waals surface area contributed by atoms with E-state index in [0.29, 0.717) is 28.6 Å². The lowest BCUT2D eigenvalue weighted by Crippen LogP contribution is -2.59. The van der Waals surface area contributed by atoms with E-state index in [2.05, 4.69) is 24.5 Å². The van der Waals surface area contributed by atoms with Gasteiger partial charge in [0.15, 0.2) is 5.78 Å². The lowest BCUT2D eigenvalue weighted by molar-refractivity contribution is -0.124. The Morgan fingerprint density at radius 3 is 2.45 bits per heavy atom. The fraction of sp³-hybridized carbons (Fsp3) is 0.548. The maximum atomic E-state index is 15.9. The Morgan fingerprint density at radius 2 is 1.76 bits per heavy atom. The Kier molecular flexibility index (Phi) is 6.44. The van der Waals surface area contributed by atoms with Gasteiger partial charge in [-0.15, -0.1) is 0 Å². The van der Waals surface area contributed by atoms with Crippen LogP contribution in [0.3, 0.4) is 0 Å². The summed E-state index contributed by atoms with van der Waals surface area (Å²) in [6, 6.07) is 9.72. The van der Waals surface area contributed by atoms with Gasteiger partial charge in [0, 0.05) is 28.6 Å². The van der Waals surface area contributed by atoms with Crippen LogP contribution in [0, 0.1) is 17.2 Å². The van der Waals surface area contributed by atoms with Gasteiger partial charge in [-0.1, -0.05) is 80.9 Å². The molecule has 7 heteroatoms. The molecule has 0 bridgehead atoms. The summed E-state index contributed by atoms with van der Waals surface area (Å²) in [6.07, 6.45) is 7.92. The summed E-state index contributed by atoms with van der Waals surface area (Å²) < 4.78 is 15.9. The van der Waals surface area contributed by atoms with Crippen molar-refractivity contribution in [2.24, 2.45) is 11.3 Å². The highest BCUT2D eigenvalue weighted by molar-refractivity contribution is 6.31. The first-order chi connectivity index (χ1) is 18.1. The maximum absolute atomic E-state index is 15.9. The standard InChI is InChI=1S/C31H35Cl2FN2O2/c1-29(2)16-18(17-29)14-24(37)27-25(20-8-7-9-22(33)26(20)34)31(30(36-27)12-5-3-4-6-13-30)21-11-10-19(32)15-23(21)35-28(31)38/h7-11,15,18,25,27,36H,3-6,12-14,16-17H2,1-2H3,(H,35,38). The minimum Gasteiger partial charge on any atom is -0.325 e. The van der Waals surface area contributed by atoms with Gasteiger partial charge in [-0.2, -0.15) is 0 Å². The van der Waals surface area contributed by atoms with Gasteiger partial charge in [0.05, 0.1) is 11.1 Å². The lowest BCUT2D eigenvalue weighted by Gasteiger charge is -2.44. The smallest absolute Gasteiger partial charge is 0.237 e. The van der Waals surface area contributed by atoms with Crippen LogP contribution in [0.25, 0.3) is 0 Å². The van der Waals surface area contributed by atoms with Crippen LogP contribution in [0.5, 0.6) is 0 Å². The number of carbonyl (C=O) groups is 2. The van der Waals surface area contributed by atoms with E-state index in [0.717, 1.165) is 56.9 Å². The minimum atomic E-state index is -1.16. The van der Waals surface area contributed by atoms with Crippen molar-refractivity contribution < 1.29 is 14.0 Å². The third-order valence-electron chi connectivity index (χ3n) is 9.79. The molecule has 2 aliphatic heterocycles. The Morgan fingerprint density at radius 1 is 1.05 bits per heavy atom. The number of rotatable bonds is 4. The quantitative estimate of drug-likeness (QED) is 0.408. The fourth-order valence-electron chi connectivity index (χ4n) is 8.50. The van der Waals surface area contributed by atoms with Gasteiger partial charge in [0.25, 0.3) is 0 Å². The molecule has 2 N–H and O–H groups in total. The molecular formula is C31H35Cl2FN2O2. The average molecular weight is 558 g/mol. The monoisotopic (exact) mass is 556 g/mol. The van der Waals surface area contributed by atoms with Crippen LogP contribution in [0.15, 0.2) is 36.4 Å². The largest absolute Gasteiger partial charge is 0.325 e. The number of amides is 1. The van der Waals surface area contributed by atoms with Crippen molar-refractivity contribution in [2.75, 3.05) is 5.32 Å². The second kappa shape index (κ2) is 9.31. The van der Waals surface area contributed by atoms with Crippen molar-refractivity contribution in [3.05, 3.63) is 63.4 Å². The molecule has 4 aliphatic rings. The van der Waals surface area contributed by atoms with E-state index in [4.69, 9.17) is 23.2 Å². The molecule has 1 amide bonds. The zero-order valence-corrected chi connectivity index (χ0v) is 23.5. The molecule has 38 heavy (non-hydrogen) atoms. The summed E-state index contributed by atoms with van der Waals surface area (Å²) >= 11 is 12.7. The predicted molar refractivity (Wildman–Crippen MR) is 149 cm³/mol. The highest BCUT2D eigenvalue weighted by atomic mass is 35.5. The molecule has 2 saturated carbocycles. The number of hydrogen-bond donors (Lipinski definition) is 2. The van der Waals surface area contributed by atoms with Crippen molar-refractivity contribution in [3.63, 3.8) is 0 Å². The Hall–Kier alpha value is -1.95. The van der Waals surface area contributed by atoms with Gasteiger partial charge >= 0.3 is 0 Å². The van der Waals surface area contributed by atoms with E-state index in [9.17, 15) is 9.59 Å². The van der Waals surface area contributed by atoms with Gasteiger partial charge in [0.1, 0.15) is 11.2 Å². The van der Waals surface area contributed by atoms with Crippen LogP contribution in [0.1, 0.15) is 88.7 Å². The lowest BCUT2D eigenvalue weighted by atomic mass is 9.56. The van der Waals surface area contributed by atoms with E-state index >= 15 is 4.39 Å².